The molecule has 1 saturated heterocycles. The molecule has 1 unspecified atom stereocenters. The Morgan fingerprint density at radius 3 is 3.21 bits per heavy atom. The minimum absolute atomic E-state index is 0.527. The Morgan fingerprint density at radius 2 is 2.57 bits per heavy atom. The molecule has 0 N–H and O–H groups in total. The Kier molecular flexibility index (Phi) is 2.93. The van der Waals surface area contributed by atoms with Crippen LogP contribution in [0.3, 0.4) is 0 Å². The first-order valence-corrected chi connectivity index (χ1v) is 5.76. The molecule has 1 atom stereocenters. The molecule has 2 heterocycles. The molecule has 4 heteroatoms. The second-order valence-corrected chi connectivity index (χ2v) is 4.72. The van der Waals surface area contributed by atoms with Gasteiger partial charge < -0.3 is 4.90 Å². The molecule has 0 aliphatic carbocycles. The van der Waals surface area contributed by atoms with Gasteiger partial charge in [-0.25, -0.2) is 4.98 Å². The van der Waals surface area contributed by atoms with Crippen molar-refractivity contribution < 1.29 is 4.79 Å². The van der Waals surface area contributed by atoms with E-state index in [0.29, 0.717) is 10.9 Å². The first kappa shape index (κ1) is 9.80. The lowest BCUT2D eigenvalue weighted by Gasteiger charge is -2.28. The van der Waals surface area contributed by atoms with Gasteiger partial charge in [-0.2, -0.15) is 0 Å². The predicted molar refractivity (Wildman–Crippen MR) is 57.0 cm³/mol. The summed E-state index contributed by atoms with van der Waals surface area (Å²) in [5, 5.41) is 2.63. The molecule has 0 amide bonds. The zero-order chi connectivity index (χ0) is 9.97. The van der Waals surface area contributed by atoms with E-state index in [2.05, 4.69) is 16.9 Å². The fraction of sp³-hybridized carbons (Fsp3) is 0.600. The molecule has 0 spiro atoms. The van der Waals surface area contributed by atoms with Crippen molar-refractivity contribution in [2.45, 2.75) is 18.8 Å². The topological polar surface area (TPSA) is 33.2 Å². The summed E-state index contributed by atoms with van der Waals surface area (Å²) < 4.78 is 0. The number of likely N-dealkylation sites (N-methyl/N-ethyl adjacent to an activating group) is 1. The third-order valence-electron chi connectivity index (χ3n) is 2.68. The highest BCUT2D eigenvalue weighted by atomic mass is 32.1. The minimum Gasteiger partial charge on any atom is -0.306 e. The number of aromatic nitrogens is 1. The van der Waals surface area contributed by atoms with Crippen LogP contribution in [0.4, 0.5) is 0 Å². The molecule has 1 aliphatic rings. The van der Waals surface area contributed by atoms with E-state index in [0.717, 1.165) is 18.5 Å². The van der Waals surface area contributed by atoms with E-state index in [1.165, 1.54) is 30.7 Å². The standard InChI is InChI=1S/C10H14N2OS/c1-12-4-2-3-8(5-12)9-7-14-10(6-13)11-9/h6-8H,2-5H2,1H3. The zero-order valence-electron chi connectivity index (χ0n) is 8.27. The Balaban J connectivity index is 2.09. The molecule has 3 nitrogen and oxygen atoms in total. The van der Waals surface area contributed by atoms with Crippen LogP contribution in [-0.4, -0.2) is 36.3 Å². The molecule has 14 heavy (non-hydrogen) atoms. The zero-order valence-corrected chi connectivity index (χ0v) is 9.09. The van der Waals surface area contributed by atoms with Crippen LogP contribution in [0.15, 0.2) is 5.38 Å². The fourth-order valence-corrected chi connectivity index (χ4v) is 2.65. The van der Waals surface area contributed by atoms with Gasteiger partial charge in [-0.05, 0) is 26.4 Å². The fourth-order valence-electron chi connectivity index (χ4n) is 1.95. The smallest absolute Gasteiger partial charge is 0.178 e. The average molecular weight is 210 g/mol. The van der Waals surface area contributed by atoms with E-state index >= 15 is 0 Å². The van der Waals surface area contributed by atoms with Crippen molar-refractivity contribution in [3.63, 3.8) is 0 Å². The summed E-state index contributed by atoms with van der Waals surface area (Å²) in [7, 11) is 2.14. The van der Waals surface area contributed by atoms with Crippen molar-refractivity contribution in [3.05, 3.63) is 16.1 Å². The Bertz CT molecular complexity index is 324. The molecular weight excluding hydrogens is 196 g/mol. The van der Waals surface area contributed by atoms with Crippen molar-refractivity contribution in [2.24, 2.45) is 0 Å². The van der Waals surface area contributed by atoms with Gasteiger partial charge in [0, 0.05) is 17.8 Å². The van der Waals surface area contributed by atoms with Gasteiger partial charge >= 0.3 is 0 Å². The number of rotatable bonds is 2. The molecule has 1 aromatic heterocycles. The number of aldehydes is 1. The van der Waals surface area contributed by atoms with Crippen LogP contribution < -0.4 is 0 Å². The van der Waals surface area contributed by atoms with Crippen molar-refractivity contribution in [1.82, 2.24) is 9.88 Å². The van der Waals surface area contributed by atoms with Crippen LogP contribution in [0.1, 0.15) is 34.3 Å². The summed E-state index contributed by atoms with van der Waals surface area (Å²) in [6.07, 6.45) is 3.27. The lowest BCUT2D eigenvalue weighted by molar-refractivity contribution is 0.112. The van der Waals surface area contributed by atoms with Crippen LogP contribution in [0.25, 0.3) is 0 Å². The van der Waals surface area contributed by atoms with E-state index in [4.69, 9.17) is 0 Å². The Labute approximate surface area is 87.8 Å². The molecule has 0 bridgehead atoms. The Hall–Kier alpha value is -0.740. The van der Waals surface area contributed by atoms with Gasteiger partial charge in [-0.1, -0.05) is 0 Å². The van der Waals surface area contributed by atoms with Crippen LogP contribution in [-0.2, 0) is 0 Å². The molecule has 0 aromatic carbocycles. The maximum absolute atomic E-state index is 10.5. The van der Waals surface area contributed by atoms with E-state index in [9.17, 15) is 4.79 Å². The van der Waals surface area contributed by atoms with E-state index in [1.807, 2.05) is 5.38 Å². The van der Waals surface area contributed by atoms with Gasteiger partial charge in [-0.3, -0.25) is 4.79 Å². The van der Waals surface area contributed by atoms with Gasteiger partial charge in [-0.15, -0.1) is 11.3 Å². The van der Waals surface area contributed by atoms with Crippen molar-refractivity contribution in [3.8, 4) is 0 Å². The monoisotopic (exact) mass is 210 g/mol. The second-order valence-electron chi connectivity index (χ2n) is 3.83. The normalized spacial score (nSPS) is 23.6. The maximum Gasteiger partial charge on any atom is 0.178 e. The number of likely N-dealkylation sites (tertiary alicyclic amines) is 1. The predicted octanol–water partition coefficient (Wildman–Crippen LogP) is 1.76. The molecule has 1 aromatic rings. The van der Waals surface area contributed by atoms with Crippen LogP contribution in [0, 0.1) is 0 Å². The molecular formula is C10H14N2OS. The number of hydrogen-bond donors (Lipinski definition) is 0. The summed E-state index contributed by atoms with van der Waals surface area (Å²) >= 11 is 1.45. The average Bonchev–Trinajstić information content (AvgIpc) is 2.66. The first-order chi connectivity index (χ1) is 6.79. The third-order valence-corrected chi connectivity index (χ3v) is 3.47. The molecule has 0 saturated carbocycles. The second kappa shape index (κ2) is 4.19. The number of thiazole rings is 1. The third kappa shape index (κ3) is 2.01. The quantitative estimate of drug-likeness (QED) is 0.697. The number of nitrogens with zero attached hydrogens (tertiary/aromatic N) is 2. The van der Waals surface area contributed by atoms with Crippen molar-refractivity contribution in [1.29, 1.82) is 0 Å². The van der Waals surface area contributed by atoms with Gasteiger partial charge in [0.25, 0.3) is 0 Å². The highest BCUT2D eigenvalue weighted by molar-refractivity contribution is 7.11. The molecule has 0 radical (unpaired) electrons. The number of hydrogen-bond acceptors (Lipinski definition) is 4. The van der Waals surface area contributed by atoms with Crippen LogP contribution in [0.2, 0.25) is 0 Å². The molecule has 2 rings (SSSR count). The van der Waals surface area contributed by atoms with Crippen LogP contribution in [0.5, 0.6) is 0 Å². The molecule has 76 valence electrons. The van der Waals surface area contributed by atoms with Crippen molar-refractivity contribution in [2.75, 3.05) is 20.1 Å². The molecule has 1 fully saturated rings. The summed E-state index contributed by atoms with van der Waals surface area (Å²) in [6, 6.07) is 0. The lowest BCUT2D eigenvalue weighted by atomic mass is 9.96. The number of piperidine rings is 1. The summed E-state index contributed by atoms with van der Waals surface area (Å²) in [5.41, 5.74) is 1.10. The van der Waals surface area contributed by atoms with E-state index in [1.54, 1.807) is 0 Å². The Morgan fingerprint density at radius 1 is 1.71 bits per heavy atom. The molecule has 1 aliphatic heterocycles. The van der Waals surface area contributed by atoms with Crippen molar-refractivity contribution >= 4 is 17.6 Å². The SMILES string of the molecule is CN1CCCC(c2csc(C=O)n2)C1. The van der Waals surface area contributed by atoms with E-state index in [-0.39, 0.29) is 0 Å². The summed E-state index contributed by atoms with van der Waals surface area (Å²) in [6.45, 7) is 2.25. The highest BCUT2D eigenvalue weighted by Crippen LogP contribution is 2.26. The minimum atomic E-state index is 0.527. The van der Waals surface area contributed by atoms with E-state index < -0.39 is 0 Å². The number of carbonyl (C=O) groups is 1. The number of carbonyl (C=O) groups excluding carboxylic acids is 1. The summed E-state index contributed by atoms with van der Waals surface area (Å²) in [5.74, 6) is 0.527. The maximum atomic E-state index is 10.5. The first-order valence-electron chi connectivity index (χ1n) is 4.88. The van der Waals surface area contributed by atoms with Gasteiger partial charge in [0.2, 0.25) is 0 Å². The van der Waals surface area contributed by atoms with Gasteiger partial charge in [0.1, 0.15) is 0 Å². The lowest BCUT2D eigenvalue weighted by Crippen LogP contribution is -2.30. The highest BCUT2D eigenvalue weighted by Gasteiger charge is 2.20. The van der Waals surface area contributed by atoms with Gasteiger partial charge in [0.15, 0.2) is 11.3 Å². The summed E-state index contributed by atoms with van der Waals surface area (Å²) in [4.78, 5) is 17.1. The largest absolute Gasteiger partial charge is 0.306 e. The van der Waals surface area contributed by atoms with Crippen LogP contribution >= 0.6 is 11.3 Å². The van der Waals surface area contributed by atoms with Gasteiger partial charge in [0.05, 0.1) is 5.69 Å².